The molecule has 4 nitrogen and oxygen atoms in total. The van der Waals surface area contributed by atoms with E-state index >= 15 is 0 Å². The number of alkyl halides is 3. The second-order valence-corrected chi connectivity index (χ2v) is 5.87. The van der Waals surface area contributed by atoms with Crippen LogP contribution in [0.1, 0.15) is 19.3 Å². The molecular weight excluding hydrogens is 285 g/mol. The number of aliphatic hydroxyl groups is 1. The molecule has 1 aliphatic heterocycles. The number of nitrogens with one attached hydrogen (secondary N) is 1. The van der Waals surface area contributed by atoms with Crippen LogP contribution in [0.5, 0.6) is 0 Å². The molecule has 1 aliphatic carbocycles. The van der Waals surface area contributed by atoms with Crippen LogP contribution in [0.15, 0.2) is 12.2 Å². The second-order valence-electron chi connectivity index (χ2n) is 5.87. The van der Waals surface area contributed by atoms with Gasteiger partial charge in [-0.2, -0.15) is 13.2 Å². The summed E-state index contributed by atoms with van der Waals surface area (Å²) in [4.78, 5) is 13.4. The van der Waals surface area contributed by atoms with Gasteiger partial charge in [0.25, 0.3) is 0 Å². The molecule has 0 aromatic heterocycles. The lowest BCUT2D eigenvalue weighted by Gasteiger charge is -2.32. The monoisotopic (exact) mass is 306 g/mol. The first kappa shape index (κ1) is 16.3. The van der Waals surface area contributed by atoms with E-state index in [1.54, 1.807) is 0 Å². The van der Waals surface area contributed by atoms with Crippen molar-refractivity contribution < 1.29 is 23.1 Å². The lowest BCUT2D eigenvalue weighted by Crippen LogP contribution is -2.47. The molecule has 1 saturated heterocycles. The molecule has 2 N–H and O–H groups in total. The van der Waals surface area contributed by atoms with Crippen LogP contribution < -0.4 is 5.32 Å². The van der Waals surface area contributed by atoms with Crippen LogP contribution in [0.3, 0.4) is 0 Å². The van der Waals surface area contributed by atoms with Crippen LogP contribution in [-0.2, 0) is 4.79 Å². The molecule has 3 atom stereocenters. The largest absolute Gasteiger partial charge is 0.401 e. The van der Waals surface area contributed by atoms with E-state index in [0.29, 0.717) is 25.8 Å². The normalized spacial score (nSPS) is 30.6. The Kier molecular flexibility index (Phi) is 5.27. The lowest BCUT2D eigenvalue weighted by molar-refractivity contribution is -0.152. The third kappa shape index (κ3) is 5.00. The van der Waals surface area contributed by atoms with E-state index in [-0.39, 0.29) is 36.9 Å². The summed E-state index contributed by atoms with van der Waals surface area (Å²) >= 11 is 0. The maximum Gasteiger partial charge on any atom is 0.401 e. The Bertz CT molecular complexity index is 398. The molecule has 2 rings (SSSR count). The molecule has 1 unspecified atom stereocenters. The van der Waals surface area contributed by atoms with Crippen molar-refractivity contribution in [1.82, 2.24) is 10.2 Å². The number of piperidine rings is 1. The third-order valence-electron chi connectivity index (χ3n) is 4.01. The maximum absolute atomic E-state index is 12.4. The standard InChI is InChI=1S/C14H21F3N2O2/c15-14(16,17)9-19-5-1-2-11(7-19)13(21)18-12-4-3-10(6-12)8-20/h3-4,10-12,20H,1-2,5-9H2,(H,18,21)/t10-,11?,12+/m0/s1. The highest BCUT2D eigenvalue weighted by Crippen LogP contribution is 2.23. The van der Waals surface area contributed by atoms with Crippen molar-refractivity contribution >= 4 is 5.91 Å². The van der Waals surface area contributed by atoms with Crippen molar-refractivity contribution in [3.8, 4) is 0 Å². The van der Waals surface area contributed by atoms with E-state index in [1.807, 2.05) is 12.2 Å². The van der Waals surface area contributed by atoms with E-state index in [9.17, 15) is 18.0 Å². The van der Waals surface area contributed by atoms with E-state index in [2.05, 4.69) is 5.32 Å². The Morgan fingerprint density at radius 1 is 1.38 bits per heavy atom. The first-order valence-electron chi connectivity index (χ1n) is 7.26. The molecule has 2 aliphatic rings. The van der Waals surface area contributed by atoms with Crippen LogP contribution in [0.4, 0.5) is 13.2 Å². The summed E-state index contributed by atoms with van der Waals surface area (Å²) in [6, 6.07) is -0.118. The van der Waals surface area contributed by atoms with Crippen LogP contribution in [-0.4, -0.2) is 54.4 Å². The average molecular weight is 306 g/mol. The highest BCUT2D eigenvalue weighted by atomic mass is 19.4. The summed E-state index contributed by atoms with van der Waals surface area (Å²) in [5.74, 6) is -0.513. The highest BCUT2D eigenvalue weighted by molar-refractivity contribution is 5.79. The van der Waals surface area contributed by atoms with Gasteiger partial charge in [-0.25, -0.2) is 0 Å². The van der Waals surface area contributed by atoms with Crippen LogP contribution in [0.2, 0.25) is 0 Å². The summed E-state index contributed by atoms with van der Waals surface area (Å²) in [5, 5.41) is 11.9. The number of aliphatic hydroxyl groups excluding tert-OH is 1. The molecule has 0 saturated carbocycles. The summed E-state index contributed by atoms with van der Waals surface area (Å²) in [5.41, 5.74) is 0. The van der Waals surface area contributed by atoms with Gasteiger partial charge in [-0.15, -0.1) is 0 Å². The van der Waals surface area contributed by atoms with Gasteiger partial charge in [-0.3, -0.25) is 9.69 Å². The molecule has 1 amide bonds. The van der Waals surface area contributed by atoms with E-state index in [1.165, 1.54) is 4.90 Å². The zero-order chi connectivity index (χ0) is 15.5. The van der Waals surface area contributed by atoms with Gasteiger partial charge in [0.1, 0.15) is 0 Å². The van der Waals surface area contributed by atoms with Crippen molar-refractivity contribution in [1.29, 1.82) is 0 Å². The minimum Gasteiger partial charge on any atom is -0.396 e. The zero-order valence-electron chi connectivity index (χ0n) is 11.8. The summed E-state index contributed by atoms with van der Waals surface area (Å²) in [6.45, 7) is -0.358. The van der Waals surface area contributed by atoms with E-state index < -0.39 is 12.7 Å². The number of halogens is 3. The van der Waals surface area contributed by atoms with Gasteiger partial charge in [0.05, 0.1) is 12.5 Å². The Morgan fingerprint density at radius 3 is 2.76 bits per heavy atom. The molecule has 0 spiro atoms. The Labute approximate surface area is 122 Å². The Balaban J connectivity index is 1.81. The fraction of sp³-hybridized carbons (Fsp3) is 0.786. The first-order chi connectivity index (χ1) is 9.87. The molecule has 0 aromatic rings. The van der Waals surface area contributed by atoms with Crippen LogP contribution >= 0.6 is 0 Å². The van der Waals surface area contributed by atoms with Crippen molar-refractivity contribution in [3.05, 3.63) is 12.2 Å². The van der Waals surface area contributed by atoms with Crippen LogP contribution in [0.25, 0.3) is 0 Å². The van der Waals surface area contributed by atoms with Crippen molar-refractivity contribution in [3.63, 3.8) is 0 Å². The van der Waals surface area contributed by atoms with Gasteiger partial charge in [-0.05, 0) is 25.8 Å². The molecule has 0 aromatic carbocycles. The first-order valence-corrected chi connectivity index (χ1v) is 7.26. The number of hydrogen-bond donors (Lipinski definition) is 2. The quantitative estimate of drug-likeness (QED) is 0.770. The molecule has 120 valence electrons. The predicted molar refractivity (Wildman–Crippen MR) is 71.5 cm³/mol. The minimum atomic E-state index is -4.22. The fourth-order valence-electron chi connectivity index (χ4n) is 2.98. The molecule has 0 bridgehead atoms. The predicted octanol–water partition coefficient (Wildman–Crippen LogP) is 1.31. The van der Waals surface area contributed by atoms with E-state index in [4.69, 9.17) is 5.11 Å². The topological polar surface area (TPSA) is 52.6 Å². The zero-order valence-corrected chi connectivity index (χ0v) is 11.8. The number of carbonyl (C=O) groups is 1. The summed E-state index contributed by atoms with van der Waals surface area (Å²) < 4.78 is 37.2. The molecule has 1 fully saturated rings. The van der Waals surface area contributed by atoms with E-state index in [0.717, 1.165) is 0 Å². The van der Waals surface area contributed by atoms with Crippen LogP contribution in [0, 0.1) is 11.8 Å². The number of carbonyl (C=O) groups excluding carboxylic acids is 1. The molecule has 21 heavy (non-hydrogen) atoms. The summed E-state index contributed by atoms with van der Waals surface area (Å²) in [6.07, 6.45) is 1.37. The minimum absolute atomic E-state index is 0.0473. The molecule has 1 heterocycles. The number of rotatable bonds is 4. The number of amides is 1. The van der Waals surface area contributed by atoms with Gasteiger partial charge in [0.2, 0.25) is 5.91 Å². The Hall–Kier alpha value is -1.08. The lowest BCUT2D eigenvalue weighted by atomic mass is 9.96. The number of nitrogens with zero attached hydrogens (tertiary/aromatic N) is 1. The fourth-order valence-corrected chi connectivity index (χ4v) is 2.98. The average Bonchev–Trinajstić information content (AvgIpc) is 2.84. The smallest absolute Gasteiger partial charge is 0.396 e. The molecule has 7 heteroatoms. The van der Waals surface area contributed by atoms with Gasteiger partial charge in [0.15, 0.2) is 0 Å². The molecule has 0 radical (unpaired) electrons. The molecular formula is C14H21F3N2O2. The second kappa shape index (κ2) is 6.79. The van der Waals surface area contributed by atoms with Crippen molar-refractivity contribution in [2.45, 2.75) is 31.5 Å². The van der Waals surface area contributed by atoms with Gasteiger partial charge in [-0.1, -0.05) is 12.2 Å². The summed E-state index contributed by atoms with van der Waals surface area (Å²) in [7, 11) is 0. The Morgan fingerprint density at radius 2 is 2.14 bits per heavy atom. The number of likely N-dealkylation sites (tertiary alicyclic amines) is 1. The SMILES string of the molecule is O=C(N[C@@H]1C=C[C@H](CO)C1)C1CCCN(CC(F)(F)F)C1. The van der Waals surface area contributed by atoms with Crippen molar-refractivity contribution in [2.24, 2.45) is 11.8 Å². The third-order valence-corrected chi connectivity index (χ3v) is 4.01. The van der Waals surface area contributed by atoms with Gasteiger partial charge < -0.3 is 10.4 Å². The maximum atomic E-state index is 12.4. The highest BCUT2D eigenvalue weighted by Gasteiger charge is 2.35. The number of hydrogen-bond acceptors (Lipinski definition) is 3. The van der Waals surface area contributed by atoms with Crippen molar-refractivity contribution in [2.75, 3.05) is 26.2 Å². The van der Waals surface area contributed by atoms with Gasteiger partial charge in [0, 0.05) is 25.1 Å². The van der Waals surface area contributed by atoms with Gasteiger partial charge >= 0.3 is 6.18 Å².